The Morgan fingerprint density at radius 2 is 1.38 bits per heavy atom. The highest BCUT2D eigenvalue weighted by Gasteiger charge is 2.27. The summed E-state index contributed by atoms with van der Waals surface area (Å²) >= 11 is 0. The van der Waals surface area contributed by atoms with Crippen molar-refractivity contribution in [3.05, 3.63) is 90.2 Å². The number of benzene rings is 1. The normalized spacial score (nSPS) is 11.9. The van der Waals surface area contributed by atoms with Gasteiger partial charge in [-0.15, -0.1) is 0 Å². The minimum absolute atomic E-state index is 0.165. The number of aryl methyl sites for hydroxylation is 2. The molecule has 10 nitrogen and oxygen atoms in total. The van der Waals surface area contributed by atoms with Gasteiger partial charge in [0.15, 0.2) is 0 Å². The molecule has 0 amide bonds. The Labute approximate surface area is 220 Å². The van der Waals surface area contributed by atoms with Crippen LogP contribution < -0.4 is 27.1 Å². The molecule has 0 spiro atoms. The fourth-order valence-corrected chi connectivity index (χ4v) is 4.86. The summed E-state index contributed by atoms with van der Waals surface area (Å²) < 4.78 is 51.6. The first-order valence-electron chi connectivity index (χ1n) is 11.7. The minimum atomic E-state index is -6.00. The zero-order valence-corrected chi connectivity index (χ0v) is 21.5. The van der Waals surface area contributed by atoms with E-state index >= 15 is 0 Å². The highest BCUT2D eigenvalue weighted by Crippen LogP contribution is 2.32. The SMILES string of the molecule is Cn1c(=O)c2c3cc4c(ccc3oc2n(C)c1=O)c1c(=O)n(C)c(=O)[n+](C)c1n4-c1ccccc1.F[B-](F)(F)F. The molecule has 6 rings (SSSR count). The zero-order chi connectivity index (χ0) is 29.3. The summed E-state index contributed by atoms with van der Waals surface area (Å²) in [5.74, 6) is 0. The minimum Gasteiger partial charge on any atom is -0.439 e. The van der Waals surface area contributed by atoms with Crippen molar-refractivity contribution in [1.82, 2.24) is 18.3 Å². The maximum atomic E-state index is 13.3. The van der Waals surface area contributed by atoms with Crippen LogP contribution in [0.1, 0.15) is 0 Å². The van der Waals surface area contributed by atoms with Crippen LogP contribution in [0.5, 0.6) is 0 Å². The van der Waals surface area contributed by atoms with Crippen molar-refractivity contribution in [1.29, 1.82) is 0 Å². The van der Waals surface area contributed by atoms with E-state index < -0.39 is 29.8 Å². The van der Waals surface area contributed by atoms with Crippen LogP contribution in [0.25, 0.3) is 49.7 Å². The number of nitrogens with zero attached hydrogens (tertiary/aromatic N) is 5. The molecule has 0 aliphatic carbocycles. The Kier molecular flexibility index (Phi) is 6.04. The van der Waals surface area contributed by atoms with Crippen molar-refractivity contribution < 1.29 is 26.2 Å². The molecule has 0 atom stereocenters. The van der Waals surface area contributed by atoms with E-state index in [2.05, 4.69) is 0 Å². The first-order chi connectivity index (χ1) is 18.7. The predicted octanol–water partition coefficient (Wildman–Crippen LogP) is 2.26. The van der Waals surface area contributed by atoms with Gasteiger partial charge in [0.05, 0.1) is 14.1 Å². The van der Waals surface area contributed by atoms with E-state index in [0.29, 0.717) is 32.9 Å². The number of fused-ring (bicyclic) bond motifs is 6. The summed E-state index contributed by atoms with van der Waals surface area (Å²) in [6.45, 7) is 0. The summed E-state index contributed by atoms with van der Waals surface area (Å²) in [6, 6.07) is 14.6. The third-order valence-electron chi connectivity index (χ3n) is 6.68. The third-order valence-corrected chi connectivity index (χ3v) is 6.68. The maximum absolute atomic E-state index is 13.3. The van der Waals surface area contributed by atoms with Crippen LogP contribution in [-0.2, 0) is 28.2 Å². The molecule has 206 valence electrons. The molecule has 0 radical (unpaired) electrons. The average molecular weight is 557 g/mol. The molecule has 0 saturated carbocycles. The molecule has 0 N–H and O–H groups in total. The van der Waals surface area contributed by atoms with Crippen molar-refractivity contribution in [3.8, 4) is 5.69 Å². The van der Waals surface area contributed by atoms with Crippen LogP contribution in [-0.4, -0.2) is 25.5 Å². The number of para-hydroxylation sites is 1. The fourth-order valence-electron chi connectivity index (χ4n) is 4.86. The zero-order valence-electron chi connectivity index (χ0n) is 21.5. The van der Waals surface area contributed by atoms with Gasteiger partial charge in [0.25, 0.3) is 11.2 Å². The monoisotopic (exact) mass is 557 g/mol. The molecule has 4 heterocycles. The highest BCUT2D eigenvalue weighted by molar-refractivity contribution is 6.50. The highest BCUT2D eigenvalue weighted by atomic mass is 19.5. The largest absolute Gasteiger partial charge is 0.673 e. The fraction of sp³-hybridized carbons (Fsp3) is 0.160. The molecular formula is C25H20BF4N5O5. The second-order valence-electron chi connectivity index (χ2n) is 9.11. The van der Waals surface area contributed by atoms with Gasteiger partial charge >= 0.3 is 24.2 Å². The van der Waals surface area contributed by atoms with Crippen molar-refractivity contribution in [3.63, 3.8) is 0 Å². The van der Waals surface area contributed by atoms with Crippen LogP contribution in [0.15, 0.2) is 72.1 Å². The molecule has 4 aromatic heterocycles. The second kappa shape index (κ2) is 9.07. The molecule has 0 aliphatic rings. The van der Waals surface area contributed by atoms with E-state index in [4.69, 9.17) is 4.42 Å². The average Bonchev–Trinajstić information content (AvgIpc) is 3.36. The Hall–Kier alpha value is -4.95. The smallest absolute Gasteiger partial charge is 0.439 e. The summed E-state index contributed by atoms with van der Waals surface area (Å²) in [4.78, 5) is 51.7. The molecule has 2 aromatic carbocycles. The van der Waals surface area contributed by atoms with Crippen molar-refractivity contribution in [2.45, 2.75) is 0 Å². The Morgan fingerprint density at radius 1 is 0.775 bits per heavy atom. The Bertz CT molecular complexity index is 2240. The number of aromatic nitrogens is 5. The first-order valence-corrected chi connectivity index (χ1v) is 11.7. The van der Waals surface area contributed by atoms with E-state index in [9.17, 15) is 36.4 Å². The van der Waals surface area contributed by atoms with Gasteiger partial charge in [0.1, 0.15) is 27.6 Å². The summed E-state index contributed by atoms with van der Waals surface area (Å²) in [6.07, 6.45) is 0. The van der Waals surface area contributed by atoms with E-state index in [1.165, 1.54) is 23.2 Å². The van der Waals surface area contributed by atoms with Crippen LogP contribution in [0.2, 0.25) is 0 Å². The van der Waals surface area contributed by atoms with Gasteiger partial charge in [-0.25, -0.2) is 19.0 Å². The lowest BCUT2D eigenvalue weighted by molar-refractivity contribution is -0.667. The molecule has 0 fully saturated rings. The van der Waals surface area contributed by atoms with Gasteiger partial charge in [-0.2, -0.15) is 9.13 Å². The lowest BCUT2D eigenvalue weighted by atomic mass is 10.2. The van der Waals surface area contributed by atoms with Gasteiger partial charge in [0, 0.05) is 24.9 Å². The van der Waals surface area contributed by atoms with E-state index in [1.54, 1.807) is 32.3 Å². The van der Waals surface area contributed by atoms with Gasteiger partial charge in [-0.05, 0) is 30.3 Å². The second-order valence-corrected chi connectivity index (χ2v) is 9.11. The van der Waals surface area contributed by atoms with E-state index in [1.807, 2.05) is 34.9 Å². The quantitative estimate of drug-likeness (QED) is 0.175. The van der Waals surface area contributed by atoms with Crippen molar-refractivity contribution in [2.75, 3.05) is 0 Å². The van der Waals surface area contributed by atoms with E-state index in [0.717, 1.165) is 14.8 Å². The summed E-state index contributed by atoms with van der Waals surface area (Å²) in [5.41, 5.74) is 0.498. The predicted molar refractivity (Wildman–Crippen MR) is 141 cm³/mol. The van der Waals surface area contributed by atoms with Crippen LogP contribution >= 0.6 is 0 Å². The molecule has 6 aromatic rings. The molecular weight excluding hydrogens is 537 g/mol. The molecule has 0 unspecified atom stereocenters. The number of rotatable bonds is 1. The van der Waals surface area contributed by atoms with Crippen LogP contribution in [0.4, 0.5) is 17.3 Å². The number of furan rings is 1. The molecule has 0 saturated heterocycles. The summed E-state index contributed by atoms with van der Waals surface area (Å²) in [5, 5.41) is 1.72. The molecule has 40 heavy (non-hydrogen) atoms. The van der Waals surface area contributed by atoms with Crippen molar-refractivity contribution in [2.24, 2.45) is 28.2 Å². The van der Waals surface area contributed by atoms with Gasteiger partial charge in [-0.3, -0.25) is 13.9 Å². The molecule has 0 aliphatic heterocycles. The van der Waals surface area contributed by atoms with Gasteiger partial charge < -0.3 is 21.7 Å². The van der Waals surface area contributed by atoms with Crippen LogP contribution in [0, 0.1) is 0 Å². The number of halogens is 4. The van der Waals surface area contributed by atoms with Gasteiger partial charge in [0.2, 0.25) is 5.71 Å². The maximum Gasteiger partial charge on any atom is 0.673 e. The summed E-state index contributed by atoms with van der Waals surface area (Å²) in [7, 11) is 0.0313. The third kappa shape index (κ3) is 4.01. The Balaban J connectivity index is 0.000000595. The van der Waals surface area contributed by atoms with Crippen molar-refractivity contribution >= 4 is 51.3 Å². The number of hydrogen-bond acceptors (Lipinski definition) is 5. The standard InChI is InChI=1S/C25H20N5O5.BF4/c1-26-20-18(21(31)27(2)24(26)33)14-10-11-17-15(12-16(14)30(20)13-8-6-5-7-9-13)19-22(32)28(3)25(34)29(4)23(19)35-17;2-1(3,4)5/h5-12H,1-4H3;/q+1;-1. The first kappa shape index (κ1) is 26.7. The molecule has 0 bridgehead atoms. The Morgan fingerprint density at radius 3 is 2.00 bits per heavy atom. The topological polar surface area (TPSA) is 105 Å². The van der Waals surface area contributed by atoms with Gasteiger partial charge in [-0.1, -0.05) is 18.2 Å². The lowest BCUT2D eigenvalue weighted by Gasteiger charge is -2.04. The lowest BCUT2D eigenvalue weighted by Crippen LogP contribution is -2.55. The van der Waals surface area contributed by atoms with E-state index in [-0.39, 0.29) is 11.1 Å². The van der Waals surface area contributed by atoms with Crippen LogP contribution in [0.3, 0.4) is 0 Å². The molecule has 15 heteroatoms. The number of hydrogen-bond donors (Lipinski definition) is 0.